The van der Waals surface area contributed by atoms with Crippen molar-refractivity contribution in [2.75, 3.05) is 28.4 Å². The van der Waals surface area contributed by atoms with Crippen LogP contribution in [0.4, 0.5) is 0 Å². The molecule has 4 aliphatic rings. The van der Waals surface area contributed by atoms with Crippen LogP contribution in [0, 0.1) is 23.2 Å². The number of Topliss-reactive ketones (excluding diaryl/α,β-unsaturated/α-hetero) is 1. The molecule has 4 aliphatic carbocycles. The second-order valence-corrected chi connectivity index (χ2v) is 6.92. The van der Waals surface area contributed by atoms with Crippen LogP contribution in [0.3, 0.4) is 0 Å². The normalized spacial score (nSPS) is 38.9. The van der Waals surface area contributed by atoms with Crippen molar-refractivity contribution in [3.63, 3.8) is 0 Å². The molecule has 132 valence electrons. The molecule has 1 saturated carbocycles. The van der Waals surface area contributed by atoms with Gasteiger partial charge in [0, 0.05) is 39.8 Å². The van der Waals surface area contributed by atoms with Gasteiger partial charge in [-0.3, -0.25) is 9.59 Å². The van der Waals surface area contributed by atoms with Gasteiger partial charge in [-0.1, -0.05) is 24.6 Å². The Bertz CT molecular complexity index is 640. The van der Waals surface area contributed by atoms with E-state index in [2.05, 4.69) is 0 Å². The minimum Gasteiger partial charge on any atom is -0.346 e. The Balaban J connectivity index is 2.32. The summed E-state index contributed by atoms with van der Waals surface area (Å²) >= 11 is 0. The van der Waals surface area contributed by atoms with E-state index in [0.29, 0.717) is 0 Å². The van der Waals surface area contributed by atoms with E-state index in [4.69, 9.17) is 18.9 Å². The standard InChI is InChI=1S/C18H24O6/c1-10-9-11-15(20)18(23-5,24-6)13(10)14-16(11,2)8-7-12(19)17(14,21-3)22-4/h7-9,11,13-14H,1-6H3/t11-,13-,14+,16-/m1/s1. The number of allylic oxidation sites excluding steroid dienone is 2. The van der Waals surface area contributed by atoms with Crippen LogP contribution in [0.1, 0.15) is 13.8 Å². The maximum absolute atomic E-state index is 13.2. The van der Waals surface area contributed by atoms with Crippen LogP contribution in [0.2, 0.25) is 0 Å². The fraction of sp³-hybridized carbons (Fsp3) is 0.667. The Morgan fingerprint density at radius 3 is 2.00 bits per heavy atom. The van der Waals surface area contributed by atoms with Crippen molar-refractivity contribution < 1.29 is 28.5 Å². The van der Waals surface area contributed by atoms with Gasteiger partial charge in [0.05, 0.1) is 11.8 Å². The van der Waals surface area contributed by atoms with Gasteiger partial charge in [-0.15, -0.1) is 0 Å². The van der Waals surface area contributed by atoms with E-state index in [1.165, 1.54) is 34.5 Å². The van der Waals surface area contributed by atoms with Crippen molar-refractivity contribution in [3.05, 3.63) is 23.8 Å². The maximum atomic E-state index is 13.2. The van der Waals surface area contributed by atoms with Gasteiger partial charge in [0.15, 0.2) is 5.78 Å². The molecular weight excluding hydrogens is 312 g/mol. The van der Waals surface area contributed by atoms with Gasteiger partial charge in [0.2, 0.25) is 17.4 Å². The van der Waals surface area contributed by atoms with Crippen molar-refractivity contribution in [2.45, 2.75) is 25.4 Å². The topological polar surface area (TPSA) is 71.1 Å². The Kier molecular flexibility index (Phi) is 3.88. The first-order valence-electron chi connectivity index (χ1n) is 7.96. The van der Waals surface area contributed by atoms with Crippen LogP contribution in [0.25, 0.3) is 0 Å². The summed E-state index contributed by atoms with van der Waals surface area (Å²) in [4.78, 5) is 25.9. The number of methoxy groups -OCH3 is 4. The Hall–Kier alpha value is -1.34. The molecule has 0 spiro atoms. The number of fused-ring (bicyclic) bond motifs is 1. The molecule has 0 aromatic carbocycles. The first kappa shape index (κ1) is 17.5. The van der Waals surface area contributed by atoms with E-state index in [1.54, 1.807) is 0 Å². The van der Waals surface area contributed by atoms with Crippen LogP contribution in [-0.4, -0.2) is 51.6 Å². The Labute approximate surface area is 141 Å². The molecular formula is C18H24O6. The molecule has 4 atom stereocenters. The molecule has 6 heteroatoms. The minimum absolute atomic E-state index is 0.137. The molecule has 1 fully saturated rings. The van der Waals surface area contributed by atoms with Gasteiger partial charge in [-0.2, -0.15) is 0 Å². The van der Waals surface area contributed by atoms with E-state index < -0.39 is 34.7 Å². The van der Waals surface area contributed by atoms with Crippen LogP contribution in [0.5, 0.6) is 0 Å². The third-order valence-electron chi connectivity index (χ3n) is 6.19. The van der Waals surface area contributed by atoms with Gasteiger partial charge < -0.3 is 18.9 Å². The van der Waals surface area contributed by atoms with Crippen LogP contribution in [-0.2, 0) is 28.5 Å². The largest absolute Gasteiger partial charge is 0.346 e. The molecule has 6 nitrogen and oxygen atoms in total. The Morgan fingerprint density at radius 2 is 1.50 bits per heavy atom. The van der Waals surface area contributed by atoms with E-state index in [-0.39, 0.29) is 11.6 Å². The molecule has 0 unspecified atom stereocenters. The number of hydrogen-bond acceptors (Lipinski definition) is 6. The highest BCUT2D eigenvalue weighted by Crippen LogP contribution is 2.64. The van der Waals surface area contributed by atoms with Gasteiger partial charge in [0.25, 0.3) is 0 Å². The number of hydrogen-bond donors (Lipinski definition) is 0. The van der Waals surface area contributed by atoms with Crippen LogP contribution < -0.4 is 0 Å². The lowest BCUT2D eigenvalue weighted by molar-refractivity contribution is -0.309. The summed E-state index contributed by atoms with van der Waals surface area (Å²) in [6, 6.07) is 0. The van der Waals surface area contributed by atoms with Gasteiger partial charge in [0.1, 0.15) is 0 Å². The van der Waals surface area contributed by atoms with Crippen LogP contribution in [0.15, 0.2) is 23.8 Å². The van der Waals surface area contributed by atoms with E-state index in [1.807, 2.05) is 26.0 Å². The van der Waals surface area contributed by atoms with Crippen molar-refractivity contribution in [2.24, 2.45) is 23.2 Å². The van der Waals surface area contributed by atoms with E-state index in [0.717, 1.165) is 5.57 Å². The quantitative estimate of drug-likeness (QED) is 0.572. The van der Waals surface area contributed by atoms with E-state index in [9.17, 15) is 9.59 Å². The van der Waals surface area contributed by atoms with Crippen LogP contribution >= 0.6 is 0 Å². The molecule has 24 heavy (non-hydrogen) atoms. The average Bonchev–Trinajstić information content (AvgIpc) is 2.58. The van der Waals surface area contributed by atoms with Crippen molar-refractivity contribution in [1.82, 2.24) is 0 Å². The second-order valence-electron chi connectivity index (χ2n) is 6.92. The zero-order valence-corrected chi connectivity index (χ0v) is 14.9. The number of carbonyl (C=O) groups excluding carboxylic acids is 2. The van der Waals surface area contributed by atoms with Gasteiger partial charge in [-0.25, -0.2) is 0 Å². The predicted octanol–water partition coefficient (Wildman–Crippen LogP) is 1.50. The second kappa shape index (κ2) is 5.33. The lowest BCUT2D eigenvalue weighted by Crippen LogP contribution is -2.73. The molecule has 0 aromatic heterocycles. The smallest absolute Gasteiger partial charge is 0.237 e. The molecule has 0 saturated heterocycles. The molecule has 0 heterocycles. The highest BCUT2D eigenvalue weighted by molar-refractivity contribution is 6.00. The number of rotatable bonds is 4. The van der Waals surface area contributed by atoms with Gasteiger partial charge >= 0.3 is 0 Å². The minimum atomic E-state index is -1.48. The van der Waals surface area contributed by atoms with Crippen molar-refractivity contribution in [1.29, 1.82) is 0 Å². The fourth-order valence-electron chi connectivity index (χ4n) is 5.05. The molecule has 0 N–H and O–H groups in total. The molecule has 2 bridgehead atoms. The van der Waals surface area contributed by atoms with Crippen molar-refractivity contribution in [3.8, 4) is 0 Å². The van der Waals surface area contributed by atoms with Gasteiger partial charge in [-0.05, 0) is 13.0 Å². The molecule has 0 aromatic rings. The lowest BCUT2D eigenvalue weighted by Gasteiger charge is -2.62. The zero-order chi connectivity index (χ0) is 17.9. The highest BCUT2D eigenvalue weighted by atomic mass is 16.7. The molecule has 0 radical (unpaired) electrons. The molecule has 4 rings (SSSR count). The summed E-state index contributed by atoms with van der Waals surface area (Å²) in [5.41, 5.74) is 0.314. The first-order chi connectivity index (χ1) is 11.3. The number of carbonyl (C=O) groups is 2. The third kappa shape index (κ3) is 1.69. The summed E-state index contributed by atoms with van der Waals surface area (Å²) in [6.45, 7) is 3.89. The SMILES string of the molecule is COC1(OC)C(=O)[C@H]2C=C(C)[C@@H]1[C@@H]1C(OC)(OC)C(=O)C=C[C@]21C. The monoisotopic (exact) mass is 336 g/mol. The zero-order valence-electron chi connectivity index (χ0n) is 14.9. The summed E-state index contributed by atoms with van der Waals surface area (Å²) < 4.78 is 22.4. The third-order valence-corrected chi connectivity index (χ3v) is 6.19. The average molecular weight is 336 g/mol. The van der Waals surface area contributed by atoms with Crippen molar-refractivity contribution >= 4 is 11.6 Å². The first-order valence-corrected chi connectivity index (χ1v) is 7.96. The summed E-state index contributed by atoms with van der Waals surface area (Å²) in [5, 5.41) is 0. The Morgan fingerprint density at radius 1 is 0.958 bits per heavy atom. The highest BCUT2D eigenvalue weighted by Gasteiger charge is 2.73. The summed E-state index contributed by atoms with van der Waals surface area (Å²) in [6.07, 6.45) is 5.22. The molecule has 0 aliphatic heterocycles. The summed E-state index contributed by atoms with van der Waals surface area (Å²) in [5.74, 6) is -4.77. The maximum Gasteiger partial charge on any atom is 0.237 e. The molecule has 0 amide bonds. The fourth-order valence-corrected chi connectivity index (χ4v) is 5.05. The number of ether oxygens (including phenoxy) is 4. The summed E-state index contributed by atoms with van der Waals surface area (Å²) in [7, 11) is 5.81. The predicted molar refractivity (Wildman–Crippen MR) is 85.0 cm³/mol. The lowest BCUT2D eigenvalue weighted by atomic mass is 9.45. The number of ketones is 2. The van der Waals surface area contributed by atoms with E-state index >= 15 is 0 Å².